The van der Waals surface area contributed by atoms with Gasteiger partial charge in [0.15, 0.2) is 0 Å². The van der Waals surface area contributed by atoms with Gasteiger partial charge in [0, 0.05) is 31.6 Å². The average molecular weight is 495 g/mol. The Morgan fingerprint density at radius 3 is 2.11 bits per heavy atom. The van der Waals surface area contributed by atoms with E-state index in [1.165, 1.54) is 10.6 Å². The van der Waals surface area contributed by atoms with Crippen molar-refractivity contribution in [3.05, 3.63) is 134 Å². The highest BCUT2D eigenvalue weighted by atomic mass is 16.4. The molecule has 2 atom stereocenters. The Bertz CT molecular complexity index is 1440. The zero-order chi connectivity index (χ0) is 26.4. The van der Waals surface area contributed by atoms with Crippen molar-refractivity contribution in [2.24, 2.45) is 12.2 Å². The molecule has 1 heterocycles. The molecule has 2 unspecified atom stereocenters. The van der Waals surface area contributed by atoms with Gasteiger partial charge in [-0.3, -0.25) is 9.59 Å². The summed E-state index contributed by atoms with van der Waals surface area (Å²) in [6.07, 6.45) is 2.79. The maximum atomic E-state index is 12.0. The summed E-state index contributed by atoms with van der Waals surface area (Å²) in [5, 5.41) is 12.3. The van der Waals surface area contributed by atoms with E-state index in [2.05, 4.69) is 48.5 Å². The molecule has 0 amide bonds. The lowest BCUT2D eigenvalue weighted by molar-refractivity contribution is -0.136. The normalized spacial score (nSPS) is 12.6. The number of carbonyl (C=O) groups is 1. The van der Waals surface area contributed by atoms with E-state index in [4.69, 9.17) is 5.11 Å². The van der Waals surface area contributed by atoms with Gasteiger partial charge in [-0.25, -0.2) is 0 Å². The lowest BCUT2D eigenvalue weighted by Crippen LogP contribution is -2.16. The fourth-order valence-corrected chi connectivity index (χ4v) is 4.72. The maximum absolute atomic E-state index is 12.0. The summed E-state index contributed by atoms with van der Waals surface area (Å²) in [5.41, 5.74) is 7.04. The standard InChI is InChI=1S/C31H30N2O4/c1-21-5-3-4-6-27(21)28(19-29(32-37)26-16-17-30(34)33(2)20-26)25-14-12-24(13-15-25)23-10-7-22(8-11-23)9-18-31(35)36/h3-8,10-17,20,28-29H,9,18-19H2,1-2H3,(H,35,36). The van der Waals surface area contributed by atoms with Gasteiger partial charge in [-0.15, -0.1) is 0 Å². The van der Waals surface area contributed by atoms with E-state index in [9.17, 15) is 14.5 Å². The van der Waals surface area contributed by atoms with Crippen LogP contribution in [0.1, 0.15) is 52.6 Å². The predicted molar refractivity (Wildman–Crippen MR) is 146 cm³/mol. The van der Waals surface area contributed by atoms with E-state index in [0.717, 1.165) is 38.9 Å². The van der Waals surface area contributed by atoms with Crippen LogP contribution < -0.4 is 5.56 Å². The van der Waals surface area contributed by atoms with E-state index in [-0.39, 0.29) is 17.9 Å². The second-order valence-electron chi connectivity index (χ2n) is 9.39. The van der Waals surface area contributed by atoms with E-state index in [1.807, 2.05) is 36.4 Å². The molecule has 0 aliphatic heterocycles. The Morgan fingerprint density at radius 1 is 0.892 bits per heavy atom. The van der Waals surface area contributed by atoms with Gasteiger partial charge in [0.2, 0.25) is 5.56 Å². The number of carboxylic acid groups (broad SMARTS) is 1. The Kier molecular flexibility index (Phi) is 8.08. The molecule has 6 heteroatoms. The van der Waals surface area contributed by atoms with Crippen LogP contribution in [0.4, 0.5) is 0 Å². The van der Waals surface area contributed by atoms with Gasteiger partial charge >= 0.3 is 5.97 Å². The predicted octanol–water partition coefficient (Wildman–Crippen LogP) is 6.41. The lowest BCUT2D eigenvalue weighted by Gasteiger charge is -2.23. The Hall–Kier alpha value is -4.32. The van der Waals surface area contributed by atoms with Gasteiger partial charge in [0.1, 0.15) is 6.04 Å². The molecule has 6 nitrogen and oxygen atoms in total. The fraction of sp³-hybridized carbons (Fsp3) is 0.226. The molecule has 0 saturated heterocycles. The third-order valence-corrected chi connectivity index (χ3v) is 6.87. The third-order valence-electron chi connectivity index (χ3n) is 6.87. The second-order valence-corrected chi connectivity index (χ2v) is 9.39. The minimum absolute atomic E-state index is 0.0615. The summed E-state index contributed by atoms with van der Waals surface area (Å²) in [6.45, 7) is 2.07. The number of benzene rings is 3. The molecule has 0 fully saturated rings. The molecular weight excluding hydrogens is 464 g/mol. The van der Waals surface area contributed by atoms with Gasteiger partial charge in [-0.2, -0.15) is 4.91 Å². The molecule has 0 aliphatic rings. The Morgan fingerprint density at radius 2 is 1.51 bits per heavy atom. The van der Waals surface area contributed by atoms with Crippen LogP contribution in [0.5, 0.6) is 0 Å². The van der Waals surface area contributed by atoms with Crippen LogP contribution >= 0.6 is 0 Å². The van der Waals surface area contributed by atoms with Crippen molar-refractivity contribution < 1.29 is 9.90 Å². The zero-order valence-electron chi connectivity index (χ0n) is 21.0. The molecule has 188 valence electrons. The lowest BCUT2D eigenvalue weighted by atomic mass is 9.82. The van der Waals surface area contributed by atoms with E-state index in [0.29, 0.717) is 12.8 Å². The highest BCUT2D eigenvalue weighted by Gasteiger charge is 2.24. The van der Waals surface area contributed by atoms with Crippen molar-refractivity contribution in [3.8, 4) is 11.1 Å². The van der Waals surface area contributed by atoms with Crippen LogP contribution in [0.15, 0.2) is 101 Å². The Balaban J connectivity index is 1.63. The number of carboxylic acids is 1. The third kappa shape index (κ3) is 6.28. The number of aryl methyl sites for hydroxylation is 3. The van der Waals surface area contributed by atoms with Crippen molar-refractivity contribution in [3.63, 3.8) is 0 Å². The number of hydrogen-bond donors (Lipinski definition) is 1. The zero-order valence-corrected chi connectivity index (χ0v) is 21.0. The molecule has 0 bridgehead atoms. The van der Waals surface area contributed by atoms with Crippen LogP contribution in [-0.4, -0.2) is 15.6 Å². The highest BCUT2D eigenvalue weighted by molar-refractivity contribution is 5.67. The summed E-state index contributed by atoms with van der Waals surface area (Å²) in [5.74, 6) is -0.861. The van der Waals surface area contributed by atoms with Crippen LogP contribution in [0.2, 0.25) is 0 Å². The minimum atomic E-state index is -0.800. The number of aromatic nitrogens is 1. The van der Waals surface area contributed by atoms with Crippen LogP contribution in [0.25, 0.3) is 11.1 Å². The number of aliphatic carboxylic acids is 1. The quantitative estimate of drug-likeness (QED) is 0.258. The first-order valence-corrected chi connectivity index (χ1v) is 12.3. The highest BCUT2D eigenvalue weighted by Crippen LogP contribution is 2.37. The van der Waals surface area contributed by atoms with Crippen molar-refractivity contribution in [1.29, 1.82) is 0 Å². The van der Waals surface area contributed by atoms with Crippen molar-refractivity contribution >= 4 is 5.97 Å². The van der Waals surface area contributed by atoms with Gasteiger partial charge in [-0.1, -0.05) is 78.0 Å². The first-order valence-electron chi connectivity index (χ1n) is 12.3. The van der Waals surface area contributed by atoms with Crippen molar-refractivity contribution in [2.45, 2.75) is 38.1 Å². The smallest absolute Gasteiger partial charge is 0.303 e. The fourth-order valence-electron chi connectivity index (χ4n) is 4.72. The van der Waals surface area contributed by atoms with Crippen LogP contribution in [0.3, 0.4) is 0 Å². The van der Waals surface area contributed by atoms with E-state index >= 15 is 0 Å². The van der Waals surface area contributed by atoms with Crippen LogP contribution in [0, 0.1) is 11.8 Å². The van der Waals surface area contributed by atoms with E-state index < -0.39 is 12.0 Å². The van der Waals surface area contributed by atoms with Gasteiger partial charge < -0.3 is 9.67 Å². The number of hydrogen-bond acceptors (Lipinski definition) is 4. The first-order chi connectivity index (χ1) is 17.9. The number of pyridine rings is 1. The molecule has 0 radical (unpaired) electrons. The number of rotatable bonds is 10. The van der Waals surface area contributed by atoms with Gasteiger partial charge in [-0.05, 0) is 64.8 Å². The molecule has 1 N–H and O–H groups in total. The average Bonchev–Trinajstić information content (AvgIpc) is 2.91. The molecular formula is C31H30N2O4. The second kappa shape index (κ2) is 11.6. The largest absolute Gasteiger partial charge is 0.481 e. The molecule has 37 heavy (non-hydrogen) atoms. The van der Waals surface area contributed by atoms with Crippen LogP contribution in [-0.2, 0) is 18.3 Å². The number of nitroso groups, excluding NO2 is 1. The molecule has 0 spiro atoms. The first kappa shape index (κ1) is 25.8. The summed E-state index contributed by atoms with van der Waals surface area (Å²) < 4.78 is 1.47. The van der Waals surface area contributed by atoms with Crippen molar-refractivity contribution in [1.82, 2.24) is 4.57 Å². The topological polar surface area (TPSA) is 88.7 Å². The summed E-state index contributed by atoms with van der Waals surface area (Å²) in [4.78, 5) is 34.6. The SMILES string of the molecule is Cc1ccccc1C(CC(N=O)c1ccc(=O)n(C)c1)c1ccc(-c2ccc(CCC(=O)O)cc2)cc1. The summed E-state index contributed by atoms with van der Waals surface area (Å²) in [6, 6.07) is 27.0. The monoisotopic (exact) mass is 494 g/mol. The molecule has 3 aromatic carbocycles. The number of nitrogens with zero attached hydrogens (tertiary/aromatic N) is 2. The summed E-state index contributed by atoms with van der Waals surface area (Å²) in [7, 11) is 1.67. The molecule has 0 aliphatic carbocycles. The van der Waals surface area contributed by atoms with Crippen molar-refractivity contribution in [2.75, 3.05) is 0 Å². The maximum Gasteiger partial charge on any atom is 0.303 e. The molecule has 4 aromatic rings. The molecule has 4 rings (SSSR count). The molecule has 1 aromatic heterocycles. The van der Waals surface area contributed by atoms with Gasteiger partial charge in [0.05, 0.1) is 0 Å². The Labute approximate surface area is 216 Å². The van der Waals surface area contributed by atoms with Gasteiger partial charge in [0.25, 0.3) is 0 Å². The molecule has 0 saturated carbocycles. The van der Waals surface area contributed by atoms with E-state index in [1.54, 1.807) is 19.3 Å². The minimum Gasteiger partial charge on any atom is -0.481 e. The summed E-state index contributed by atoms with van der Waals surface area (Å²) >= 11 is 0.